The quantitative estimate of drug-likeness (QED) is 0.795. The average molecular weight is 251 g/mol. The Balaban J connectivity index is 2.25. The molecule has 2 heterocycles. The van der Waals surface area contributed by atoms with Gasteiger partial charge in [-0.05, 0) is 13.0 Å². The Kier molecular flexibility index (Phi) is 3.61. The van der Waals surface area contributed by atoms with Crippen molar-refractivity contribution in [2.24, 2.45) is 0 Å². The van der Waals surface area contributed by atoms with E-state index in [1.54, 1.807) is 24.3 Å². The monoisotopic (exact) mass is 251 g/mol. The summed E-state index contributed by atoms with van der Waals surface area (Å²) in [6.07, 6.45) is 1.61. The average Bonchev–Trinajstić information content (AvgIpc) is 2.65. The van der Waals surface area contributed by atoms with E-state index in [4.69, 9.17) is 10.5 Å². The van der Waals surface area contributed by atoms with Crippen LogP contribution in [0.1, 0.15) is 18.5 Å². The molecular weight excluding hydrogens is 234 g/mol. The number of aromatic nitrogens is 2. The first-order chi connectivity index (χ1) is 8.61. The maximum atomic E-state index is 11.9. The number of anilines is 1. The Hall–Kier alpha value is -1.89. The van der Waals surface area contributed by atoms with Crippen LogP contribution >= 0.6 is 0 Å². The summed E-state index contributed by atoms with van der Waals surface area (Å²) in [6, 6.07) is 1.55. The van der Waals surface area contributed by atoms with Crippen LogP contribution in [0.3, 0.4) is 0 Å². The lowest BCUT2D eigenvalue weighted by Gasteiger charge is -2.26. The van der Waals surface area contributed by atoms with Gasteiger partial charge in [-0.3, -0.25) is 0 Å². The van der Waals surface area contributed by atoms with Gasteiger partial charge < -0.3 is 20.7 Å². The first-order valence-corrected chi connectivity index (χ1v) is 5.76. The molecule has 1 aromatic heterocycles. The Labute approximate surface area is 105 Å². The second kappa shape index (κ2) is 5.18. The second-order valence-electron chi connectivity index (χ2n) is 4.39. The van der Waals surface area contributed by atoms with Gasteiger partial charge in [-0.1, -0.05) is 0 Å². The molecule has 0 saturated carbocycles. The third-order valence-corrected chi connectivity index (χ3v) is 2.88. The topological polar surface area (TPSA) is 93.4 Å². The summed E-state index contributed by atoms with van der Waals surface area (Å²) < 4.78 is 5.18. The van der Waals surface area contributed by atoms with E-state index in [2.05, 4.69) is 15.5 Å². The smallest absolute Gasteiger partial charge is 0.318 e. The van der Waals surface area contributed by atoms with Crippen molar-refractivity contribution >= 4 is 11.8 Å². The van der Waals surface area contributed by atoms with Gasteiger partial charge in [0.05, 0.1) is 18.8 Å². The summed E-state index contributed by atoms with van der Waals surface area (Å²) in [5.74, 6) is 0.334. The molecule has 7 heteroatoms. The molecule has 1 unspecified atom stereocenters. The molecule has 0 aliphatic carbocycles. The van der Waals surface area contributed by atoms with Crippen molar-refractivity contribution in [1.82, 2.24) is 20.4 Å². The number of methoxy groups -OCH3 is 1. The molecule has 0 radical (unpaired) electrons. The number of nitrogens with one attached hydrogen (secondary N) is 1. The van der Waals surface area contributed by atoms with Crippen molar-refractivity contribution in [3.63, 3.8) is 0 Å². The first-order valence-electron chi connectivity index (χ1n) is 5.76. The van der Waals surface area contributed by atoms with Crippen molar-refractivity contribution in [1.29, 1.82) is 0 Å². The number of rotatable bonds is 4. The van der Waals surface area contributed by atoms with Crippen LogP contribution in [-0.4, -0.2) is 47.4 Å². The largest absolute Gasteiger partial charge is 0.382 e. The summed E-state index contributed by atoms with van der Waals surface area (Å²) in [5.41, 5.74) is 6.45. The normalized spacial score (nSPS) is 20.9. The fourth-order valence-electron chi connectivity index (χ4n) is 2.09. The maximum absolute atomic E-state index is 11.9. The second-order valence-corrected chi connectivity index (χ2v) is 4.39. The fraction of sp³-hybridized carbons (Fsp3) is 0.545. The predicted octanol–water partition coefficient (Wildman–Crippen LogP) is 0.160. The predicted molar refractivity (Wildman–Crippen MR) is 65.8 cm³/mol. The van der Waals surface area contributed by atoms with Gasteiger partial charge in [0.1, 0.15) is 5.82 Å². The zero-order valence-corrected chi connectivity index (χ0v) is 10.5. The lowest BCUT2D eigenvalue weighted by atomic mass is 10.1. The zero-order chi connectivity index (χ0) is 13.1. The summed E-state index contributed by atoms with van der Waals surface area (Å²) in [7, 11) is 1.60. The van der Waals surface area contributed by atoms with Gasteiger partial charge in [0, 0.05) is 25.3 Å². The van der Waals surface area contributed by atoms with Crippen LogP contribution in [0.5, 0.6) is 0 Å². The molecule has 0 bridgehead atoms. The van der Waals surface area contributed by atoms with Crippen LogP contribution in [0, 0.1) is 0 Å². The Morgan fingerprint density at radius 3 is 3.06 bits per heavy atom. The van der Waals surface area contributed by atoms with Crippen molar-refractivity contribution in [3.8, 4) is 0 Å². The number of nitrogens with two attached hydrogens (primary N) is 1. The highest BCUT2D eigenvalue weighted by Gasteiger charge is 2.32. The Morgan fingerprint density at radius 1 is 1.72 bits per heavy atom. The molecule has 1 aromatic rings. The molecule has 2 atom stereocenters. The number of hydrogen-bond acceptors (Lipinski definition) is 5. The van der Waals surface area contributed by atoms with Gasteiger partial charge in [-0.15, -0.1) is 5.10 Å². The van der Waals surface area contributed by atoms with E-state index in [1.165, 1.54) is 0 Å². The van der Waals surface area contributed by atoms with Gasteiger partial charge in [-0.2, -0.15) is 5.10 Å². The van der Waals surface area contributed by atoms with E-state index >= 15 is 0 Å². The van der Waals surface area contributed by atoms with Crippen LogP contribution in [-0.2, 0) is 4.74 Å². The summed E-state index contributed by atoms with van der Waals surface area (Å²) >= 11 is 0. The van der Waals surface area contributed by atoms with Crippen molar-refractivity contribution in [2.45, 2.75) is 19.0 Å². The number of carbonyl (C=O) groups excluding carboxylic acids is 1. The standard InChI is InChI=1S/C11H17N5O2/c1-7-5-16(11(17)14-7)9(6-18-2)8-3-10(12)15-13-4-8/h3-4,7,9H,5-6H2,1-2H3,(H2,12,15)(H,14,17)/t7-,9?/m1/s1. The van der Waals surface area contributed by atoms with Crippen LogP contribution < -0.4 is 11.1 Å². The molecule has 1 fully saturated rings. The van der Waals surface area contributed by atoms with E-state index in [9.17, 15) is 4.79 Å². The van der Waals surface area contributed by atoms with E-state index in [0.717, 1.165) is 5.56 Å². The number of nitrogens with zero attached hydrogens (tertiary/aromatic N) is 3. The van der Waals surface area contributed by atoms with Gasteiger partial charge in [0.15, 0.2) is 0 Å². The number of carbonyl (C=O) groups is 1. The van der Waals surface area contributed by atoms with E-state index in [-0.39, 0.29) is 18.1 Å². The third kappa shape index (κ3) is 2.51. The van der Waals surface area contributed by atoms with Gasteiger partial charge in [-0.25, -0.2) is 4.79 Å². The molecular formula is C11H17N5O2. The minimum atomic E-state index is -0.197. The molecule has 2 rings (SSSR count). The van der Waals surface area contributed by atoms with E-state index in [1.807, 2.05) is 6.92 Å². The first kappa shape index (κ1) is 12.6. The molecule has 1 aliphatic rings. The van der Waals surface area contributed by atoms with Gasteiger partial charge >= 0.3 is 6.03 Å². The SMILES string of the molecule is COCC(c1cnnc(N)c1)N1C[C@@H](C)NC1=O. The minimum absolute atomic E-state index is 0.0973. The summed E-state index contributed by atoms with van der Waals surface area (Å²) in [4.78, 5) is 13.6. The van der Waals surface area contributed by atoms with Crippen LogP contribution in [0.4, 0.5) is 10.6 Å². The number of ether oxygens (including phenoxy) is 1. The molecule has 0 spiro atoms. The van der Waals surface area contributed by atoms with E-state index < -0.39 is 0 Å². The highest BCUT2D eigenvalue weighted by molar-refractivity contribution is 5.77. The van der Waals surface area contributed by atoms with Gasteiger partial charge in [0.25, 0.3) is 0 Å². The fourth-order valence-corrected chi connectivity index (χ4v) is 2.09. The maximum Gasteiger partial charge on any atom is 0.318 e. The van der Waals surface area contributed by atoms with E-state index in [0.29, 0.717) is 19.0 Å². The number of amides is 2. The number of hydrogen-bond donors (Lipinski definition) is 2. The molecule has 98 valence electrons. The van der Waals surface area contributed by atoms with Crippen LogP contribution in [0.25, 0.3) is 0 Å². The molecule has 2 amide bonds. The summed E-state index contributed by atoms with van der Waals surface area (Å²) in [6.45, 7) is 2.99. The van der Waals surface area contributed by atoms with Crippen molar-refractivity contribution in [2.75, 3.05) is 26.0 Å². The summed E-state index contributed by atoms with van der Waals surface area (Å²) in [5, 5.41) is 10.4. The number of urea groups is 1. The lowest BCUT2D eigenvalue weighted by molar-refractivity contribution is 0.115. The Bertz CT molecular complexity index is 439. The van der Waals surface area contributed by atoms with Crippen molar-refractivity contribution in [3.05, 3.63) is 17.8 Å². The van der Waals surface area contributed by atoms with Crippen molar-refractivity contribution < 1.29 is 9.53 Å². The Morgan fingerprint density at radius 2 is 2.50 bits per heavy atom. The highest BCUT2D eigenvalue weighted by atomic mass is 16.5. The molecule has 18 heavy (non-hydrogen) atoms. The van der Waals surface area contributed by atoms with Gasteiger partial charge in [0.2, 0.25) is 0 Å². The number of nitrogen functional groups attached to an aromatic ring is 1. The molecule has 1 saturated heterocycles. The molecule has 3 N–H and O–H groups in total. The highest BCUT2D eigenvalue weighted by Crippen LogP contribution is 2.24. The third-order valence-electron chi connectivity index (χ3n) is 2.88. The molecule has 7 nitrogen and oxygen atoms in total. The van der Waals surface area contributed by atoms with Crippen LogP contribution in [0.15, 0.2) is 12.3 Å². The zero-order valence-electron chi connectivity index (χ0n) is 10.5. The van der Waals surface area contributed by atoms with Crippen LogP contribution in [0.2, 0.25) is 0 Å². The molecule has 0 aromatic carbocycles. The minimum Gasteiger partial charge on any atom is -0.382 e. The lowest BCUT2D eigenvalue weighted by Crippen LogP contribution is -2.34. The molecule has 1 aliphatic heterocycles.